The first-order chi connectivity index (χ1) is 9.72. The summed E-state index contributed by atoms with van der Waals surface area (Å²) in [6, 6.07) is 3.40. The zero-order valence-corrected chi connectivity index (χ0v) is 11.0. The van der Waals surface area contributed by atoms with Crippen LogP contribution in [0.2, 0.25) is 0 Å². The SMILES string of the molecule is NCC#Cc1ccnc(N2C(=O)C3CCCC3C2=O)c1. The first-order valence-electron chi connectivity index (χ1n) is 6.75. The average Bonchev–Trinajstić information content (AvgIpc) is 3.02. The summed E-state index contributed by atoms with van der Waals surface area (Å²) in [5, 5.41) is 0. The van der Waals surface area contributed by atoms with Crippen LogP contribution in [0.4, 0.5) is 5.82 Å². The van der Waals surface area contributed by atoms with Gasteiger partial charge in [-0.25, -0.2) is 9.88 Å². The second-order valence-corrected chi connectivity index (χ2v) is 5.06. The summed E-state index contributed by atoms with van der Waals surface area (Å²) in [5.74, 6) is 5.47. The molecule has 1 aromatic heterocycles. The molecule has 2 N–H and O–H groups in total. The van der Waals surface area contributed by atoms with Crippen molar-refractivity contribution in [3.05, 3.63) is 23.9 Å². The molecule has 1 aromatic rings. The van der Waals surface area contributed by atoms with E-state index in [0.29, 0.717) is 11.4 Å². The predicted molar refractivity (Wildman–Crippen MR) is 73.5 cm³/mol. The van der Waals surface area contributed by atoms with Crippen molar-refractivity contribution in [3.63, 3.8) is 0 Å². The number of imide groups is 1. The van der Waals surface area contributed by atoms with Gasteiger partial charge in [0.15, 0.2) is 0 Å². The van der Waals surface area contributed by atoms with Crippen molar-refractivity contribution >= 4 is 17.6 Å². The van der Waals surface area contributed by atoms with Crippen LogP contribution in [0.3, 0.4) is 0 Å². The summed E-state index contributed by atoms with van der Waals surface area (Å²) in [4.78, 5) is 30.0. The van der Waals surface area contributed by atoms with Crippen molar-refractivity contribution in [2.45, 2.75) is 19.3 Å². The zero-order chi connectivity index (χ0) is 14.1. The minimum absolute atomic E-state index is 0.117. The monoisotopic (exact) mass is 269 g/mol. The van der Waals surface area contributed by atoms with E-state index in [1.165, 1.54) is 4.90 Å². The molecule has 5 heteroatoms. The third-order valence-electron chi connectivity index (χ3n) is 3.90. The van der Waals surface area contributed by atoms with Crippen molar-refractivity contribution in [1.29, 1.82) is 0 Å². The molecule has 1 aliphatic carbocycles. The number of anilines is 1. The number of amides is 2. The molecule has 3 rings (SSSR count). The number of carbonyl (C=O) groups is 2. The van der Waals surface area contributed by atoms with E-state index in [1.54, 1.807) is 18.3 Å². The van der Waals surface area contributed by atoms with E-state index in [2.05, 4.69) is 16.8 Å². The Morgan fingerprint density at radius 1 is 1.30 bits per heavy atom. The third kappa shape index (κ3) is 1.98. The second-order valence-electron chi connectivity index (χ2n) is 5.06. The van der Waals surface area contributed by atoms with Crippen LogP contribution in [0, 0.1) is 23.7 Å². The molecular formula is C15H15N3O2. The number of aromatic nitrogens is 1. The highest BCUT2D eigenvalue weighted by Gasteiger charge is 2.50. The first kappa shape index (κ1) is 12.8. The maximum atomic E-state index is 12.3. The Kier molecular flexibility index (Phi) is 3.25. The fourth-order valence-electron chi connectivity index (χ4n) is 2.99. The van der Waals surface area contributed by atoms with Gasteiger partial charge in [-0.2, -0.15) is 0 Å². The fraction of sp³-hybridized carbons (Fsp3) is 0.400. The van der Waals surface area contributed by atoms with Crippen LogP contribution >= 0.6 is 0 Å². The minimum Gasteiger partial charge on any atom is -0.320 e. The predicted octanol–water partition coefficient (Wildman–Crippen LogP) is 0.681. The van der Waals surface area contributed by atoms with Gasteiger partial charge in [-0.1, -0.05) is 18.3 Å². The van der Waals surface area contributed by atoms with Gasteiger partial charge >= 0.3 is 0 Å². The van der Waals surface area contributed by atoms with Crippen molar-refractivity contribution < 1.29 is 9.59 Å². The highest BCUT2D eigenvalue weighted by Crippen LogP contribution is 2.41. The Morgan fingerprint density at radius 3 is 2.65 bits per heavy atom. The van der Waals surface area contributed by atoms with Crippen molar-refractivity contribution in [3.8, 4) is 11.8 Å². The molecular weight excluding hydrogens is 254 g/mol. The molecule has 1 saturated heterocycles. The molecule has 2 fully saturated rings. The molecule has 1 saturated carbocycles. The van der Waals surface area contributed by atoms with Crippen LogP contribution in [0.25, 0.3) is 0 Å². The van der Waals surface area contributed by atoms with Gasteiger partial charge in [0.2, 0.25) is 11.8 Å². The van der Waals surface area contributed by atoms with E-state index < -0.39 is 0 Å². The van der Waals surface area contributed by atoms with Gasteiger partial charge < -0.3 is 5.73 Å². The molecule has 2 aliphatic rings. The molecule has 0 bridgehead atoms. The van der Waals surface area contributed by atoms with Crippen LogP contribution in [0.5, 0.6) is 0 Å². The van der Waals surface area contributed by atoms with Gasteiger partial charge in [0.25, 0.3) is 0 Å². The molecule has 102 valence electrons. The number of rotatable bonds is 1. The van der Waals surface area contributed by atoms with Crippen molar-refractivity contribution in [2.75, 3.05) is 11.4 Å². The number of nitrogens with zero attached hydrogens (tertiary/aromatic N) is 2. The van der Waals surface area contributed by atoms with Crippen LogP contribution in [-0.2, 0) is 9.59 Å². The first-order valence-corrected chi connectivity index (χ1v) is 6.75. The van der Waals surface area contributed by atoms with Crippen LogP contribution < -0.4 is 10.6 Å². The number of nitrogens with two attached hydrogens (primary N) is 1. The lowest BCUT2D eigenvalue weighted by molar-refractivity contribution is -0.122. The van der Waals surface area contributed by atoms with E-state index in [4.69, 9.17) is 5.73 Å². The molecule has 20 heavy (non-hydrogen) atoms. The van der Waals surface area contributed by atoms with Gasteiger partial charge in [-0.3, -0.25) is 9.59 Å². The van der Waals surface area contributed by atoms with E-state index in [1.807, 2.05) is 0 Å². The maximum Gasteiger partial charge on any atom is 0.238 e. The van der Waals surface area contributed by atoms with Gasteiger partial charge in [0.05, 0.1) is 18.4 Å². The lowest BCUT2D eigenvalue weighted by Gasteiger charge is -2.14. The maximum absolute atomic E-state index is 12.3. The summed E-state index contributed by atoms with van der Waals surface area (Å²) < 4.78 is 0. The van der Waals surface area contributed by atoms with Crippen LogP contribution in [0.1, 0.15) is 24.8 Å². The highest BCUT2D eigenvalue weighted by molar-refractivity contribution is 6.21. The number of hydrogen-bond acceptors (Lipinski definition) is 4. The zero-order valence-electron chi connectivity index (χ0n) is 11.0. The molecule has 2 heterocycles. The lowest BCUT2D eigenvalue weighted by atomic mass is 10.00. The molecule has 0 spiro atoms. The smallest absolute Gasteiger partial charge is 0.238 e. The summed E-state index contributed by atoms with van der Waals surface area (Å²) in [5.41, 5.74) is 6.04. The Balaban J connectivity index is 1.93. The number of hydrogen-bond donors (Lipinski definition) is 1. The minimum atomic E-state index is -0.150. The molecule has 5 nitrogen and oxygen atoms in total. The molecule has 0 aromatic carbocycles. The molecule has 0 radical (unpaired) electrons. The second kappa shape index (κ2) is 5.06. The van der Waals surface area contributed by atoms with Crippen LogP contribution in [0.15, 0.2) is 18.3 Å². The Morgan fingerprint density at radius 2 is 2.00 bits per heavy atom. The van der Waals surface area contributed by atoms with Crippen molar-refractivity contribution in [2.24, 2.45) is 17.6 Å². The van der Waals surface area contributed by atoms with Gasteiger partial charge in [-0.15, -0.1) is 0 Å². The summed E-state index contributed by atoms with van der Waals surface area (Å²) in [6.45, 7) is 0.267. The van der Waals surface area contributed by atoms with E-state index in [9.17, 15) is 9.59 Å². The quantitative estimate of drug-likeness (QED) is 0.601. The van der Waals surface area contributed by atoms with Gasteiger partial charge in [-0.05, 0) is 25.0 Å². The molecule has 1 aliphatic heterocycles. The van der Waals surface area contributed by atoms with E-state index >= 15 is 0 Å². The van der Waals surface area contributed by atoms with Crippen LogP contribution in [-0.4, -0.2) is 23.3 Å². The summed E-state index contributed by atoms with van der Waals surface area (Å²) in [6.07, 6.45) is 4.12. The number of pyridine rings is 1. The number of carbonyl (C=O) groups excluding carboxylic acids is 2. The molecule has 2 amide bonds. The Bertz CT molecular complexity index is 607. The van der Waals surface area contributed by atoms with Gasteiger partial charge in [0, 0.05) is 11.8 Å². The standard InChI is InChI=1S/C15H15N3O2/c16-7-2-3-10-6-8-17-13(9-10)18-14(19)11-4-1-5-12(11)15(18)20/h6,8-9,11-12H,1,4-5,7,16H2. The Labute approximate surface area is 117 Å². The number of fused-ring (bicyclic) bond motifs is 1. The summed E-state index contributed by atoms with van der Waals surface area (Å²) in [7, 11) is 0. The molecule has 2 atom stereocenters. The Hall–Kier alpha value is -2.19. The third-order valence-corrected chi connectivity index (χ3v) is 3.90. The van der Waals surface area contributed by atoms with Crippen molar-refractivity contribution in [1.82, 2.24) is 4.98 Å². The highest BCUT2D eigenvalue weighted by atomic mass is 16.2. The topological polar surface area (TPSA) is 76.3 Å². The fourth-order valence-corrected chi connectivity index (χ4v) is 2.99. The summed E-state index contributed by atoms with van der Waals surface area (Å²) >= 11 is 0. The normalized spacial score (nSPS) is 24.6. The lowest BCUT2D eigenvalue weighted by Crippen LogP contribution is -2.32. The van der Waals surface area contributed by atoms with Gasteiger partial charge in [0.1, 0.15) is 5.82 Å². The average molecular weight is 269 g/mol. The molecule has 2 unspecified atom stereocenters. The van der Waals surface area contributed by atoms with E-state index in [-0.39, 0.29) is 30.2 Å². The van der Waals surface area contributed by atoms with E-state index in [0.717, 1.165) is 19.3 Å². The largest absolute Gasteiger partial charge is 0.320 e.